The summed E-state index contributed by atoms with van der Waals surface area (Å²) in [6.07, 6.45) is -4.70. The summed E-state index contributed by atoms with van der Waals surface area (Å²) in [6.45, 7) is 13.1. The van der Waals surface area contributed by atoms with Gasteiger partial charge in [-0.25, -0.2) is 0 Å². The van der Waals surface area contributed by atoms with Gasteiger partial charge in [-0.3, -0.25) is 4.98 Å². The Morgan fingerprint density at radius 2 is 1.65 bits per heavy atom. The van der Waals surface area contributed by atoms with Crippen LogP contribution in [-0.2, 0) is 9.84 Å². The zero-order valence-corrected chi connectivity index (χ0v) is 16.1. The average molecular weight is 347 g/mol. The Bertz CT molecular complexity index is 507. The van der Waals surface area contributed by atoms with Gasteiger partial charge in [0.25, 0.3) is 0 Å². The lowest BCUT2D eigenvalue weighted by Gasteiger charge is -2.41. The number of alkyl halides is 3. The molecule has 1 unspecified atom stereocenters. The molecule has 0 fully saturated rings. The normalized spacial score (nSPS) is 15.6. The summed E-state index contributed by atoms with van der Waals surface area (Å²) >= 11 is 0. The van der Waals surface area contributed by atoms with E-state index in [0.717, 1.165) is 0 Å². The predicted molar refractivity (Wildman–Crippen MR) is 90.0 cm³/mol. The molecule has 1 heterocycles. The molecule has 0 aromatic carbocycles. The minimum atomic E-state index is -4.39. The molecule has 23 heavy (non-hydrogen) atoms. The second kappa shape index (κ2) is 6.55. The van der Waals surface area contributed by atoms with Gasteiger partial charge in [0.2, 0.25) is 0 Å². The first-order chi connectivity index (χ1) is 10.2. The molecule has 1 atom stereocenters. The predicted octanol–water partition coefficient (Wildman–Crippen LogP) is 5.70. The van der Waals surface area contributed by atoms with Crippen molar-refractivity contribution >= 4 is 8.32 Å². The largest absolute Gasteiger partial charge is 0.413 e. The average Bonchev–Trinajstić information content (AvgIpc) is 2.36. The number of nitrogens with zero attached hydrogens (tertiary/aromatic N) is 1. The molecule has 0 N–H and O–H groups in total. The number of pyridine rings is 1. The Morgan fingerprint density at radius 1 is 1.09 bits per heavy atom. The van der Waals surface area contributed by atoms with Crippen molar-refractivity contribution in [2.45, 2.75) is 76.9 Å². The lowest BCUT2D eigenvalue weighted by molar-refractivity contribution is -0.203. The maximum absolute atomic E-state index is 13.6. The van der Waals surface area contributed by atoms with Crippen LogP contribution in [0.1, 0.15) is 46.7 Å². The van der Waals surface area contributed by atoms with Crippen molar-refractivity contribution in [3.63, 3.8) is 0 Å². The molecule has 0 saturated carbocycles. The highest BCUT2D eigenvalue weighted by atomic mass is 28.4. The maximum Gasteiger partial charge on any atom is 0.413 e. The lowest BCUT2D eigenvalue weighted by atomic mass is 9.83. The Kier molecular flexibility index (Phi) is 5.74. The van der Waals surface area contributed by atoms with Crippen LogP contribution in [0, 0.1) is 0 Å². The van der Waals surface area contributed by atoms with Crippen molar-refractivity contribution in [2.24, 2.45) is 0 Å². The van der Waals surface area contributed by atoms with E-state index in [2.05, 4.69) is 4.98 Å². The van der Waals surface area contributed by atoms with Gasteiger partial charge in [0, 0.05) is 17.3 Å². The van der Waals surface area contributed by atoms with Crippen molar-refractivity contribution in [3.05, 3.63) is 30.1 Å². The zero-order chi connectivity index (χ0) is 18.1. The van der Waals surface area contributed by atoms with Crippen molar-refractivity contribution < 1.29 is 17.6 Å². The van der Waals surface area contributed by atoms with Crippen molar-refractivity contribution in [3.8, 4) is 0 Å². The smallest absolute Gasteiger partial charge is 0.405 e. The number of aromatic nitrogens is 1. The van der Waals surface area contributed by atoms with E-state index >= 15 is 0 Å². The molecule has 1 aromatic rings. The van der Waals surface area contributed by atoms with Crippen LogP contribution in [-0.4, -0.2) is 25.6 Å². The summed E-state index contributed by atoms with van der Waals surface area (Å²) in [7, 11) is -2.52. The van der Waals surface area contributed by atoms with Gasteiger partial charge in [0.05, 0.1) is 0 Å². The van der Waals surface area contributed by atoms with Crippen LogP contribution in [0.15, 0.2) is 24.4 Å². The third-order valence-corrected chi connectivity index (χ3v) is 9.15. The van der Waals surface area contributed by atoms with Gasteiger partial charge in [-0.15, -0.1) is 0 Å². The molecule has 1 rings (SSSR count). The third-order valence-electron chi connectivity index (χ3n) is 4.66. The van der Waals surface area contributed by atoms with Crippen LogP contribution < -0.4 is 0 Å². The summed E-state index contributed by atoms with van der Waals surface area (Å²) in [5.41, 5.74) is -0.0721. The van der Waals surface area contributed by atoms with Crippen molar-refractivity contribution in [1.29, 1.82) is 0 Å². The first-order valence-electron chi connectivity index (χ1n) is 7.83. The second-order valence-electron chi connectivity index (χ2n) is 8.21. The number of hydrogen-bond donors (Lipinski definition) is 0. The number of rotatable bonds is 5. The topological polar surface area (TPSA) is 22.1 Å². The summed E-state index contributed by atoms with van der Waals surface area (Å²) < 4.78 is 46.4. The molecule has 132 valence electrons. The van der Waals surface area contributed by atoms with E-state index in [1.165, 1.54) is 0 Å². The summed E-state index contributed by atoms with van der Waals surface area (Å²) in [5, 5.41) is -0.272. The van der Waals surface area contributed by atoms with E-state index < -0.39 is 26.0 Å². The van der Waals surface area contributed by atoms with Gasteiger partial charge in [0.1, 0.15) is 6.10 Å². The first-order valence-corrected chi connectivity index (χ1v) is 10.7. The third kappa shape index (κ3) is 5.31. The van der Waals surface area contributed by atoms with Crippen LogP contribution in [0.5, 0.6) is 0 Å². The molecule has 0 aliphatic rings. The molecule has 2 nitrogen and oxygen atoms in total. The minimum Gasteiger partial charge on any atom is -0.405 e. The molecule has 6 heteroatoms. The van der Waals surface area contributed by atoms with E-state index in [-0.39, 0.29) is 11.5 Å². The minimum absolute atomic E-state index is 0.139. The fourth-order valence-corrected chi connectivity index (χ4v) is 3.37. The number of hydrogen-bond acceptors (Lipinski definition) is 2. The Labute approximate surface area is 138 Å². The van der Waals surface area contributed by atoms with Gasteiger partial charge >= 0.3 is 6.18 Å². The molecule has 0 spiro atoms. The van der Waals surface area contributed by atoms with Crippen LogP contribution in [0.3, 0.4) is 0 Å². The fourth-order valence-electron chi connectivity index (χ4n) is 2.09. The number of halogens is 3. The van der Waals surface area contributed by atoms with Crippen LogP contribution in [0.4, 0.5) is 13.2 Å². The van der Waals surface area contributed by atoms with Crippen LogP contribution in [0.25, 0.3) is 0 Å². The van der Waals surface area contributed by atoms with Crippen LogP contribution >= 0.6 is 0 Å². The second-order valence-corrected chi connectivity index (χ2v) is 13.0. The molecular weight excluding hydrogens is 319 g/mol. The van der Waals surface area contributed by atoms with Crippen molar-refractivity contribution in [1.82, 2.24) is 4.98 Å². The van der Waals surface area contributed by atoms with E-state index in [4.69, 9.17) is 4.43 Å². The van der Waals surface area contributed by atoms with Gasteiger partial charge < -0.3 is 4.43 Å². The molecule has 0 aliphatic heterocycles. The Balaban J connectivity index is 3.06. The van der Waals surface area contributed by atoms with Crippen molar-refractivity contribution in [2.75, 3.05) is 0 Å². The maximum atomic E-state index is 13.6. The molecule has 1 aromatic heterocycles. The monoisotopic (exact) mass is 347 g/mol. The highest BCUT2D eigenvalue weighted by Crippen LogP contribution is 2.42. The van der Waals surface area contributed by atoms with Gasteiger partial charge in [-0.05, 0) is 36.7 Å². The summed E-state index contributed by atoms with van der Waals surface area (Å²) in [5.74, 6) is 0. The van der Waals surface area contributed by atoms with Crippen LogP contribution in [0.2, 0.25) is 18.1 Å². The highest BCUT2D eigenvalue weighted by molar-refractivity contribution is 6.74. The molecule has 0 saturated heterocycles. The standard InChI is InChI=1S/C17H28F3NOSi/c1-15(2,3)23(6,7)22-14(17(18,19)20)12-16(4,5)13-10-8-9-11-21-13/h8-11,14H,12H2,1-7H3. The molecule has 0 bridgehead atoms. The molecule has 0 amide bonds. The first kappa shape index (κ1) is 20.2. The van der Waals surface area contributed by atoms with Gasteiger partial charge in [-0.2, -0.15) is 13.2 Å². The molecular formula is C17H28F3NOSi. The van der Waals surface area contributed by atoms with Gasteiger partial charge in [0.15, 0.2) is 8.32 Å². The molecule has 0 aliphatic carbocycles. The lowest BCUT2D eigenvalue weighted by Crippen LogP contribution is -2.49. The van der Waals surface area contributed by atoms with E-state index in [1.807, 2.05) is 33.9 Å². The zero-order valence-electron chi connectivity index (χ0n) is 15.1. The van der Waals surface area contributed by atoms with E-state index in [9.17, 15) is 13.2 Å². The van der Waals surface area contributed by atoms with E-state index in [0.29, 0.717) is 5.69 Å². The Morgan fingerprint density at radius 3 is 2.04 bits per heavy atom. The SMILES string of the molecule is CC(C)(CC(O[Si](C)(C)C(C)(C)C)C(F)(F)F)c1ccccn1. The summed E-state index contributed by atoms with van der Waals surface area (Å²) in [6, 6.07) is 5.31. The van der Waals surface area contributed by atoms with Gasteiger partial charge in [-0.1, -0.05) is 40.7 Å². The Hall–Kier alpha value is -0.883. The van der Waals surface area contributed by atoms with E-state index in [1.54, 1.807) is 38.2 Å². The fraction of sp³-hybridized carbons (Fsp3) is 0.706. The molecule has 0 radical (unpaired) electrons. The highest BCUT2D eigenvalue weighted by Gasteiger charge is 2.49. The summed E-state index contributed by atoms with van der Waals surface area (Å²) in [4.78, 5) is 4.22. The quantitative estimate of drug-likeness (QED) is 0.637.